The fourth-order valence-electron chi connectivity index (χ4n) is 1.55. The van der Waals surface area contributed by atoms with E-state index in [1.54, 1.807) is 0 Å². The molecule has 1 heterocycles. The number of carboxylic acids is 2. The van der Waals surface area contributed by atoms with E-state index < -0.39 is 23.3 Å². The van der Waals surface area contributed by atoms with Crippen LogP contribution in [0.3, 0.4) is 0 Å². The van der Waals surface area contributed by atoms with Gasteiger partial charge in [-0.05, 0) is 12.8 Å². The maximum atomic E-state index is 10.9. The van der Waals surface area contributed by atoms with E-state index in [0.29, 0.717) is 19.4 Å². The normalized spacial score (nSPS) is 10.5. The molecule has 1 rings (SSSR count). The van der Waals surface area contributed by atoms with Crippen LogP contribution in [0.4, 0.5) is 0 Å². The summed E-state index contributed by atoms with van der Waals surface area (Å²) in [6.45, 7) is 0.431. The summed E-state index contributed by atoms with van der Waals surface area (Å²) >= 11 is 0. The van der Waals surface area contributed by atoms with E-state index in [4.69, 9.17) is 15.3 Å². The lowest BCUT2D eigenvalue weighted by Gasteiger charge is -2.03. The van der Waals surface area contributed by atoms with Gasteiger partial charge < -0.3 is 15.3 Å². The number of aryl methyl sites for hydroxylation is 1. The molecule has 0 spiro atoms. The molecule has 0 saturated carbocycles. The SMILES string of the molecule is O=C(O)c1nnn(CCCCCCO)c1C(=O)O. The van der Waals surface area contributed by atoms with E-state index >= 15 is 0 Å². The fraction of sp³-hybridized carbons (Fsp3) is 0.600. The molecular formula is C10H15N3O5. The molecule has 0 bridgehead atoms. The van der Waals surface area contributed by atoms with Gasteiger partial charge in [-0.15, -0.1) is 5.10 Å². The summed E-state index contributed by atoms with van der Waals surface area (Å²) in [5.41, 5.74) is -0.942. The van der Waals surface area contributed by atoms with Crippen LogP contribution in [0.25, 0.3) is 0 Å². The first-order valence-electron chi connectivity index (χ1n) is 5.59. The fourth-order valence-corrected chi connectivity index (χ4v) is 1.55. The maximum absolute atomic E-state index is 10.9. The highest BCUT2D eigenvalue weighted by atomic mass is 16.4. The molecule has 1 aromatic heterocycles. The minimum atomic E-state index is -1.40. The molecule has 100 valence electrons. The Bertz CT molecular complexity index is 429. The van der Waals surface area contributed by atoms with Crippen LogP contribution < -0.4 is 0 Å². The van der Waals surface area contributed by atoms with E-state index in [1.807, 2.05) is 0 Å². The first-order chi connectivity index (χ1) is 8.57. The number of hydrogen-bond acceptors (Lipinski definition) is 5. The molecule has 8 heteroatoms. The van der Waals surface area contributed by atoms with Crippen LogP contribution in [0.2, 0.25) is 0 Å². The molecule has 0 radical (unpaired) electrons. The van der Waals surface area contributed by atoms with E-state index in [0.717, 1.165) is 17.5 Å². The Hall–Kier alpha value is -1.96. The number of carboxylic acid groups (broad SMARTS) is 2. The molecule has 1 aromatic rings. The highest BCUT2D eigenvalue weighted by Gasteiger charge is 2.24. The summed E-state index contributed by atoms with van der Waals surface area (Å²) in [6.07, 6.45) is 2.99. The average Bonchev–Trinajstić information content (AvgIpc) is 2.72. The van der Waals surface area contributed by atoms with Crippen molar-refractivity contribution >= 4 is 11.9 Å². The van der Waals surface area contributed by atoms with Crippen molar-refractivity contribution in [2.45, 2.75) is 32.2 Å². The highest BCUT2D eigenvalue weighted by molar-refractivity contribution is 5.98. The molecule has 0 amide bonds. The van der Waals surface area contributed by atoms with Crippen LogP contribution in [0.15, 0.2) is 0 Å². The van der Waals surface area contributed by atoms with Gasteiger partial charge in [0, 0.05) is 13.2 Å². The second-order valence-electron chi connectivity index (χ2n) is 3.76. The first kappa shape index (κ1) is 14.1. The van der Waals surface area contributed by atoms with Crippen molar-refractivity contribution in [3.05, 3.63) is 11.4 Å². The molecule has 0 aromatic carbocycles. The molecule has 3 N–H and O–H groups in total. The van der Waals surface area contributed by atoms with Crippen LogP contribution in [-0.2, 0) is 6.54 Å². The number of nitrogens with zero attached hydrogens (tertiary/aromatic N) is 3. The molecule has 0 aliphatic heterocycles. The Balaban J connectivity index is 2.65. The molecule has 0 aliphatic rings. The summed E-state index contributed by atoms with van der Waals surface area (Å²) in [5, 5.41) is 33.2. The Morgan fingerprint density at radius 1 is 1.06 bits per heavy atom. The maximum Gasteiger partial charge on any atom is 0.359 e. The minimum Gasteiger partial charge on any atom is -0.476 e. The number of rotatable bonds is 8. The number of carbonyl (C=O) groups is 2. The Labute approximate surface area is 103 Å². The molecular weight excluding hydrogens is 242 g/mol. The van der Waals surface area contributed by atoms with Crippen molar-refractivity contribution in [3.8, 4) is 0 Å². The second kappa shape index (κ2) is 6.70. The third-order valence-corrected chi connectivity index (χ3v) is 2.42. The number of aromatic carboxylic acids is 2. The number of unbranched alkanes of at least 4 members (excludes halogenated alkanes) is 3. The van der Waals surface area contributed by atoms with Gasteiger partial charge >= 0.3 is 11.9 Å². The predicted molar refractivity (Wildman–Crippen MR) is 59.5 cm³/mol. The zero-order valence-electron chi connectivity index (χ0n) is 9.74. The lowest BCUT2D eigenvalue weighted by Crippen LogP contribution is -2.14. The molecule has 0 saturated heterocycles. The van der Waals surface area contributed by atoms with Gasteiger partial charge in [-0.1, -0.05) is 18.1 Å². The number of aliphatic hydroxyl groups excluding tert-OH is 1. The highest BCUT2D eigenvalue weighted by Crippen LogP contribution is 2.08. The van der Waals surface area contributed by atoms with Gasteiger partial charge in [0.1, 0.15) is 0 Å². The van der Waals surface area contributed by atoms with Gasteiger partial charge in [-0.2, -0.15) is 0 Å². The van der Waals surface area contributed by atoms with Crippen LogP contribution in [0.5, 0.6) is 0 Å². The minimum absolute atomic E-state index is 0.132. The van der Waals surface area contributed by atoms with Crippen molar-refractivity contribution < 1.29 is 24.9 Å². The van der Waals surface area contributed by atoms with E-state index in [2.05, 4.69) is 10.3 Å². The molecule has 0 fully saturated rings. The lowest BCUT2D eigenvalue weighted by atomic mass is 10.2. The van der Waals surface area contributed by atoms with Crippen LogP contribution in [-0.4, -0.2) is 48.9 Å². The Kier molecular flexibility index (Phi) is 5.25. The summed E-state index contributed by atoms with van der Waals surface area (Å²) < 4.78 is 1.09. The smallest absolute Gasteiger partial charge is 0.359 e. The van der Waals surface area contributed by atoms with Crippen molar-refractivity contribution in [3.63, 3.8) is 0 Å². The van der Waals surface area contributed by atoms with Crippen molar-refractivity contribution in [1.82, 2.24) is 15.0 Å². The van der Waals surface area contributed by atoms with Crippen LogP contribution in [0, 0.1) is 0 Å². The zero-order chi connectivity index (χ0) is 13.5. The third-order valence-electron chi connectivity index (χ3n) is 2.42. The first-order valence-corrected chi connectivity index (χ1v) is 5.59. The summed E-state index contributed by atoms with van der Waals surface area (Å²) in [4.78, 5) is 21.7. The summed E-state index contributed by atoms with van der Waals surface area (Å²) in [6, 6.07) is 0. The molecule has 18 heavy (non-hydrogen) atoms. The number of aromatic nitrogens is 3. The van der Waals surface area contributed by atoms with E-state index in [-0.39, 0.29) is 6.61 Å². The lowest BCUT2D eigenvalue weighted by molar-refractivity contribution is 0.0640. The largest absolute Gasteiger partial charge is 0.476 e. The molecule has 0 aliphatic carbocycles. The molecule has 0 atom stereocenters. The van der Waals surface area contributed by atoms with Gasteiger partial charge in [0.15, 0.2) is 5.69 Å². The number of aliphatic hydroxyl groups is 1. The standard InChI is InChI=1S/C10H15N3O5/c14-6-4-2-1-3-5-13-8(10(17)18)7(9(15)16)11-12-13/h14H,1-6H2,(H,15,16)(H,17,18). The van der Waals surface area contributed by atoms with Crippen molar-refractivity contribution in [1.29, 1.82) is 0 Å². The molecule has 0 unspecified atom stereocenters. The Morgan fingerprint density at radius 2 is 1.72 bits per heavy atom. The van der Waals surface area contributed by atoms with Gasteiger partial charge in [-0.25, -0.2) is 14.3 Å². The second-order valence-corrected chi connectivity index (χ2v) is 3.76. The van der Waals surface area contributed by atoms with Gasteiger partial charge in [0.25, 0.3) is 0 Å². The quantitative estimate of drug-likeness (QED) is 0.569. The van der Waals surface area contributed by atoms with E-state index in [1.165, 1.54) is 0 Å². The van der Waals surface area contributed by atoms with E-state index in [9.17, 15) is 9.59 Å². The van der Waals surface area contributed by atoms with Crippen LogP contribution in [0.1, 0.15) is 46.7 Å². The average molecular weight is 257 g/mol. The topological polar surface area (TPSA) is 126 Å². The van der Waals surface area contributed by atoms with Gasteiger partial charge in [-0.3, -0.25) is 0 Å². The summed E-state index contributed by atoms with van der Waals surface area (Å²) in [5.74, 6) is -2.76. The zero-order valence-corrected chi connectivity index (χ0v) is 9.74. The third kappa shape index (κ3) is 3.52. The summed E-state index contributed by atoms with van der Waals surface area (Å²) in [7, 11) is 0. The number of hydrogen-bond donors (Lipinski definition) is 3. The predicted octanol–water partition coefficient (Wildman–Crippen LogP) is 0.227. The van der Waals surface area contributed by atoms with Crippen molar-refractivity contribution in [2.75, 3.05) is 6.61 Å². The van der Waals surface area contributed by atoms with Crippen molar-refractivity contribution in [2.24, 2.45) is 0 Å². The monoisotopic (exact) mass is 257 g/mol. The van der Waals surface area contributed by atoms with Gasteiger partial charge in [0.05, 0.1) is 0 Å². The Morgan fingerprint density at radius 3 is 2.28 bits per heavy atom. The molecule has 8 nitrogen and oxygen atoms in total. The van der Waals surface area contributed by atoms with Crippen LogP contribution >= 0.6 is 0 Å². The van der Waals surface area contributed by atoms with Gasteiger partial charge in [0.2, 0.25) is 5.69 Å².